The Hall–Kier alpha value is -3.15. The lowest BCUT2D eigenvalue weighted by Gasteiger charge is -2.12. The summed E-state index contributed by atoms with van der Waals surface area (Å²) < 4.78 is 0. The fraction of sp³-hybridized carbons (Fsp3) is 0.118. The van der Waals surface area contributed by atoms with Crippen LogP contribution in [0.2, 0.25) is 0 Å². The van der Waals surface area contributed by atoms with Crippen molar-refractivity contribution in [2.45, 2.75) is 13.0 Å². The number of carbonyl (C=O) groups excluding carboxylic acids is 1. The molecule has 0 aliphatic carbocycles. The lowest BCUT2D eigenvalue weighted by molar-refractivity contribution is -0.117. The second-order valence-corrected chi connectivity index (χ2v) is 5.23. The first-order valence-corrected chi connectivity index (χ1v) is 7.22. The maximum atomic E-state index is 12.0. The zero-order valence-electron chi connectivity index (χ0n) is 12.5. The van der Waals surface area contributed by atoms with Gasteiger partial charge >= 0.3 is 5.69 Å². The van der Waals surface area contributed by atoms with Gasteiger partial charge in [-0.25, -0.2) is 4.79 Å². The molecule has 0 radical (unpaired) electrons. The van der Waals surface area contributed by atoms with Gasteiger partial charge in [0, 0.05) is 18.5 Å². The topological polar surface area (TPSA) is 90.6 Å². The number of imidazole rings is 1. The Morgan fingerprint density at radius 1 is 1.26 bits per heavy atom. The van der Waals surface area contributed by atoms with Gasteiger partial charge in [-0.2, -0.15) is 0 Å². The Labute approximate surface area is 132 Å². The highest BCUT2D eigenvalue weighted by molar-refractivity contribution is 5.92. The molecule has 6 nitrogen and oxygen atoms in total. The zero-order valence-corrected chi connectivity index (χ0v) is 12.5. The number of H-pyrrole nitrogens is 2. The van der Waals surface area contributed by atoms with E-state index in [2.05, 4.69) is 20.3 Å². The van der Waals surface area contributed by atoms with Gasteiger partial charge in [0.25, 0.3) is 0 Å². The van der Waals surface area contributed by atoms with Crippen molar-refractivity contribution in [3.8, 4) is 0 Å². The Balaban J connectivity index is 1.69. The summed E-state index contributed by atoms with van der Waals surface area (Å²) in [7, 11) is 0. The number of nitrogens with zero attached hydrogens (tertiary/aromatic N) is 1. The van der Waals surface area contributed by atoms with E-state index in [0.717, 1.165) is 22.2 Å². The number of hydrogen-bond donors (Lipinski definition) is 3. The van der Waals surface area contributed by atoms with E-state index in [1.807, 2.05) is 37.3 Å². The molecule has 0 fully saturated rings. The summed E-state index contributed by atoms with van der Waals surface area (Å²) in [5.74, 6) is -0.191. The molecule has 3 aromatic rings. The summed E-state index contributed by atoms with van der Waals surface area (Å²) >= 11 is 0. The van der Waals surface area contributed by atoms with E-state index in [1.165, 1.54) is 6.08 Å². The summed E-state index contributed by atoms with van der Waals surface area (Å²) in [6.45, 7) is 1.89. The fourth-order valence-electron chi connectivity index (χ4n) is 2.31. The minimum Gasteiger partial charge on any atom is -0.346 e. The van der Waals surface area contributed by atoms with Crippen LogP contribution in [0.5, 0.6) is 0 Å². The third-order valence-corrected chi connectivity index (χ3v) is 3.51. The molecule has 0 saturated carbocycles. The first-order chi connectivity index (χ1) is 11.1. The first kappa shape index (κ1) is 14.8. The molecule has 1 aromatic carbocycles. The van der Waals surface area contributed by atoms with Crippen LogP contribution in [0.4, 0.5) is 0 Å². The quantitative estimate of drug-likeness (QED) is 0.645. The molecule has 3 N–H and O–H groups in total. The molecule has 1 unspecified atom stereocenters. The second kappa shape index (κ2) is 6.31. The van der Waals surface area contributed by atoms with Crippen molar-refractivity contribution in [3.05, 3.63) is 70.4 Å². The predicted octanol–water partition coefficient (Wildman–Crippen LogP) is 2.14. The molecule has 0 aliphatic rings. The molecule has 1 amide bonds. The molecule has 0 saturated heterocycles. The number of carbonyl (C=O) groups is 1. The van der Waals surface area contributed by atoms with E-state index in [9.17, 15) is 9.59 Å². The van der Waals surface area contributed by atoms with Crippen LogP contribution in [0.25, 0.3) is 17.1 Å². The SMILES string of the molecule is CC(NC(=O)C=Cc1cccnc1)c1ccc2[nH]c(=O)[nH]c2c1. The van der Waals surface area contributed by atoms with Crippen LogP contribution in [-0.4, -0.2) is 20.9 Å². The number of pyridine rings is 1. The minimum absolute atomic E-state index is 0.177. The van der Waals surface area contributed by atoms with Crippen molar-refractivity contribution in [3.63, 3.8) is 0 Å². The Bertz CT molecular complexity index is 909. The average Bonchev–Trinajstić information content (AvgIpc) is 2.93. The number of nitrogens with one attached hydrogen (secondary N) is 3. The molecule has 2 heterocycles. The molecule has 3 rings (SSSR count). The van der Waals surface area contributed by atoms with Crippen molar-refractivity contribution in [1.82, 2.24) is 20.3 Å². The van der Waals surface area contributed by atoms with Crippen molar-refractivity contribution in [2.24, 2.45) is 0 Å². The Morgan fingerprint density at radius 3 is 2.87 bits per heavy atom. The van der Waals surface area contributed by atoms with Gasteiger partial charge in [-0.3, -0.25) is 9.78 Å². The molecule has 23 heavy (non-hydrogen) atoms. The molecular weight excluding hydrogens is 292 g/mol. The van der Waals surface area contributed by atoms with Crippen LogP contribution in [0.3, 0.4) is 0 Å². The van der Waals surface area contributed by atoms with Gasteiger partial charge in [-0.05, 0) is 42.3 Å². The van der Waals surface area contributed by atoms with Gasteiger partial charge in [0.2, 0.25) is 5.91 Å². The van der Waals surface area contributed by atoms with E-state index < -0.39 is 0 Å². The second-order valence-electron chi connectivity index (χ2n) is 5.23. The largest absolute Gasteiger partial charge is 0.346 e. The highest BCUT2D eigenvalue weighted by Gasteiger charge is 2.09. The first-order valence-electron chi connectivity index (χ1n) is 7.22. The van der Waals surface area contributed by atoms with Gasteiger partial charge in [-0.15, -0.1) is 0 Å². The average molecular weight is 308 g/mol. The molecule has 0 spiro atoms. The van der Waals surface area contributed by atoms with E-state index in [4.69, 9.17) is 0 Å². The van der Waals surface area contributed by atoms with Crippen LogP contribution in [0.1, 0.15) is 24.1 Å². The molecule has 0 bridgehead atoms. The summed E-state index contributed by atoms with van der Waals surface area (Å²) in [6, 6.07) is 9.05. The number of aromatic amines is 2. The smallest absolute Gasteiger partial charge is 0.323 e. The maximum Gasteiger partial charge on any atom is 0.323 e. The van der Waals surface area contributed by atoms with Gasteiger partial charge in [-0.1, -0.05) is 12.1 Å². The Kier molecular flexibility index (Phi) is 4.05. The number of benzene rings is 1. The van der Waals surface area contributed by atoms with Crippen LogP contribution in [-0.2, 0) is 4.79 Å². The minimum atomic E-state index is -0.242. The predicted molar refractivity (Wildman–Crippen MR) is 88.7 cm³/mol. The summed E-state index contributed by atoms with van der Waals surface area (Å²) in [6.07, 6.45) is 6.55. The van der Waals surface area contributed by atoms with Crippen LogP contribution >= 0.6 is 0 Å². The van der Waals surface area contributed by atoms with Crippen LogP contribution in [0.15, 0.2) is 53.6 Å². The molecular formula is C17H16N4O2. The number of rotatable bonds is 4. The van der Waals surface area contributed by atoms with Crippen molar-refractivity contribution in [1.29, 1.82) is 0 Å². The molecule has 116 valence electrons. The Morgan fingerprint density at radius 2 is 2.09 bits per heavy atom. The van der Waals surface area contributed by atoms with Gasteiger partial charge in [0.15, 0.2) is 0 Å². The van der Waals surface area contributed by atoms with Gasteiger partial charge in [0.1, 0.15) is 0 Å². The van der Waals surface area contributed by atoms with Crippen LogP contribution in [0, 0.1) is 0 Å². The van der Waals surface area contributed by atoms with E-state index >= 15 is 0 Å². The number of fused-ring (bicyclic) bond motifs is 1. The van der Waals surface area contributed by atoms with E-state index in [-0.39, 0.29) is 17.6 Å². The van der Waals surface area contributed by atoms with E-state index in [1.54, 1.807) is 18.5 Å². The van der Waals surface area contributed by atoms with Crippen LogP contribution < -0.4 is 11.0 Å². The number of hydrogen-bond acceptors (Lipinski definition) is 3. The highest BCUT2D eigenvalue weighted by Crippen LogP contribution is 2.17. The standard InChI is InChI=1S/C17H16N4O2/c1-11(13-5-6-14-15(9-13)21-17(23)20-14)19-16(22)7-4-12-3-2-8-18-10-12/h2-11H,1H3,(H,19,22)(H2,20,21,23). The maximum absolute atomic E-state index is 12.0. The summed E-state index contributed by atoms with van der Waals surface area (Å²) in [5, 5.41) is 2.89. The molecule has 6 heteroatoms. The summed E-state index contributed by atoms with van der Waals surface area (Å²) in [5.41, 5.74) is 3.00. The fourth-order valence-corrected chi connectivity index (χ4v) is 2.31. The van der Waals surface area contributed by atoms with Gasteiger partial charge in [0.05, 0.1) is 17.1 Å². The summed E-state index contributed by atoms with van der Waals surface area (Å²) in [4.78, 5) is 32.6. The molecule has 1 atom stereocenters. The lowest BCUT2D eigenvalue weighted by Crippen LogP contribution is -2.24. The number of amides is 1. The van der Waals surface area contributed by atoms with Crippen molar-refractivity contribution < 1.29 is 4.79 Å². The third kappa shape index (κ3) is 3.55. The highest BCUT2D eigenvalue weighted by atomic mass is 16.1. The van der Waals surface area contributed by atoms with Crippen molar-refractivity contribution >= 4 is 23.0 Å². The van der Waals surface area contributed by atoms with Gasteiger partial charge < -0.3 is 15.3 Å². The van der Waals surface area contributed by atoms with Crippen molar-refractivity contribution in [2.75, 3.05) is 0 Å². The molecule has 0 aliphatic heterocycles. The number of aromatic nitrogens is 3. The third-order valence-electron chi connectivity index (χ3n) is 3.51. The van der Waals surface area contributed by atoms with E-state index in [0.29, 0.717) is 0 Å². The monoisotopic (exact) mass is 308 g/mol. The molecule has 2 aromatic heterocycles. The lowest BCUT2D eigenvalue weighted by atomic mass is 10.1. The normalized spacial score (nSPS) is 12.6. The zero-order chi connectivity index (χ0) is 16.2.